The van der Waals surface area contributed by atoms with Crippen molar-refractivity contribution < 1.29 is 19.2 Å². The molecule has 0 aliphatic rings. The van der Waals surface area contributed by atoms with Crippen molar-refractivity contribution in [2.24, 2.45) is 0 Å². The molecule has 1 heterocycles. The quantitative estimate of drug-likeness (QED) is 0.177. The second-order valence-electron chi connectivity index (χ2n) is 7.99. The van der Waals surface area contributed by atoms with Gasteiger partial charge in [0, 0.05) is 28.4 Å². The minimum Gasteiger partial charge on any atom is -0.471 e. The number of carbonyl (C=O) groups excluding carboxylic acids is 1. The van der Waals surface area contributed by atoms with E-state index in [-0.39, 0.29) is 40.3 Å². The van der Waals surface area contributed by atoms with Crippen LogP contribution < -0.4 is 14.8 Å². The molecule has 3 aromatic carbocycles. The van der Waals surface area contributed by atoms with Crippen LogP contribution in [0.4, 0.5) is 11.4 Å². The maximum absolute atomic E-state index is 12.8. The number of hydrogen-bond donors (Lipinski definition) is 1. The van der Waals surface area contributed by atoms with Gasteiger partial charge in [0.15, 0.2) is 12.4 Å². The van der Waals surface area contributed by atoms with E-state index in [0.717, 1.165) is 11.1 Å². The molecule has 0 saturated heterocycles. The number of benzene rings is 3. The summed E-state index contributed by atoms with van der Waals surface area (Å²) >= 11 is 18.2. The Labute approximate surface area is 226 Å². The third-order valence-electron chi connectivity index (χ3n) is 5.13. The van der Waals surface area contributed by atoms with Crippen molar-refractivity contribution in [1.29, 1.82) is 0 Å². The number of nitrogens with zero attached hydrogens (tertiary/aromatic N) is 3. The summed E-state index contributed by atoms with van der Waals surface area (Å²) in [5, 5.41) is 19.6. The zero-order chi connectivity index (χ0) is 26.7. The first kappa shape index (κ1) is 26.3. The molecule has 0 bridgehead atoms. The molecule has 0 aliphatic carbocycles. The van der Waals surface area contributed by atoms with E-state index >= 15 is 0 Å². The minimum absolute atomic E-state index is 0.0600. The van der Waals surface area contributed by atoms with Gasteiger partial charge >= 0.3 is 0 Å². The Morgan fingerprint density at radius 1 is 1.03 bits per heavy atom. The Balaban J connectivity index is 1.47. The second kappa shape index (κ2) is 11.1. The number of amides is 1. The molecule has 12 heteroatoms. The van der Waals surface area contributed by atoms with Gasteiger partial charge in [-0.25, -0.2) is 4.68 Å². The number of carbonyl (C=O) groups is 1. The predicted molar refractivity (Wildman–Crippen MR) is 141 cm³/mol. The summed E-state index contributed by atoms with van der Waals surface area (Å²) in [6.45, 7) is 3.82. The number of ether oxygens (including phenoxy) is 2. The third-order valence-corrected chi connectivity index (χ3v) is 6.26. The van der Waals surface area contributed by atoms with E-state index in [1.165, 1.54) is 41.1 Å². The predicted octanol–water partition coefficient (Wildman–Crippen LogP) is 7.45. The normalized spacial score (nSPS) is 10.7. The lowest BCUT2D eigenvalue weighted by atomic mass is 10.1. The van der Waals surface area contributed by atoms with Crippen molar-refractivity contribution in [3.63, 3.8) is 0 Å². The number of halogens is 3. The average molecular weight is 562 g/mol. The van der Waals surface area contributed by atoms with E-state index in [4.69, 9.17) is 44.3 Å². The van der Waals surface area contributed by atoms with Gasteiger partial charge < -0.3 is 14.8 Å². The third kappa shape index (κ3) is 6.51. The molecule has 1 N–H and O–H groups in total. The van der Waals surface area contributed by atoms with Gasteiger partial charge in [0.1, 0.15) is 17.2 Å². The average Bonchev–Trinajstić information content (AvgIpc) is 3.32. The van der Waals surface area contributed by atoms with Crippen molar-refractivity contribution in [2.45, 2.75) is 20.6 Å². The van der Waals surface area contributed by atoms with Gasteiger partial charge in [0.05, 0.1) is 21.7 Å². The van der Waals surface area contributed by atoms with Gasteiger partial charge in [-0.2, -0.15) is 5.10 Å². The van der Waals surface area contributed by atoms with Crippen LogP contribution in [0.25, 0.3) is 0 Å². The molecule has 0 unspecified atom stereocenters. The topological polar surface area (TPSA) is 109 Å². The van der Waals surface area contributed by atoms with Crippen molar-refractivity contribution in [3.8, 4) is 17.2 Å². The summed E-state index contributed by atoms with van der Waals surface area (Å²) in [7, 11) is 0. The second-order valence-corrected chi connectivity index (χ2v) is 9.21. The molecule has 37 heavy (non-hydrogen) atoms. The minimum atomic E-state index is -0.599. The first-order valence-electron chi connectivity index (χ1n) is 10.8. The zero-order valence-corrected chi connectivity index (χ0v) is 21.8. The SMILES string of the molecule is Cc1cc(OCn2ccc(C(=O)Nc3cc(Oc4ccc(Cl)cc4Cl)cc([N+](=O)[O-])c3)n2)cc(C)c1Cl. The van der Waals surface area contributed by atoms with E-state index in [0.29, 0.717) is 15.8 Å². The Bertz CT molecular complexity index is 1480. The molecule has 0 spiro atoms. The molecule has 190 valence electrons. The largest absolute Gasteiger partial charge is 0.471 e. The smallest absolute Gasteiger partial charge is 0.276 e. The summed E-state index contributed by atoms with van der Waals surface area (Å²) in [5.41, 5.74) is 1.70. The van der Waals surface area contributed by atoms with E-state index in [9.17, 15) is 14.9 Å². The van der Waals surface area contributed by atoms with Crippen LogP contribution in [0, 0.1) is 24.0 Å². The van der Waals surface area contributed by atoms with Gasteiger partial charge in [0.25, 0.3) is 11.6 Å². The lowest BCUT2D eigenvalue weighted by Crippen LogP contribution is -2.14. The highest BCUT2D eigenvalue weighted by atomic mass is 35.5. The molecule has 0 radical (unpaired) electrons. The molecule has 1 aromatic heterocycles. The van der Waals surface area contributed by atoms with E-state index in [1.54, 1.807) is 12.3 Å². The Kier molecular flexibility index (Phi) is 7.87. The monoisotopic (exact) mass is 560 g/mol. The van der Waals surface area contributed by atoms with Crippen LogP contribution >= 0.6 is 34.8 Å². The number of hydrogen-bond acceptors (Lipinski definition) is 6. The summed E-state index contributed by atoms with van der Waals surface area (Å²) in [4.78, 5) is 23.6. The van der Waals surface area contributed by atoms with Crippen molar-refractivity contribution in [2.75, 3.05) is 5.32 Å². The first-order valence-corrected chi connectivity index (χ1v) is 11.9. The number of nitrogens with one attached hydrogen (secondary N) is 1. The number of nitro benzene ring substituents is 1. The highest BCUT2D eigenvalue weighted by Crippen LogP contribution is 2.34. The Hall–Kier alpha value is -3.79. The van der Waals surface area contributed by atoms with E-state index in [2.05, 4.69) is 10.4 Å². The van der Waals surface area contributed by atoms with Crippen LogP contribution in [0.1, 0.15) is 21.6 Å². The fourth-order valence-electron chi connectivity index (χ4n) is 3.38. The summed E-state index contributed by atoms with van der Waals surface area (Å²) in [6, 6.07) is 13.6. The molecule has 4 rings (SSSR count). The molecule has 4 aromatic rings. The first-order chi connectivity index (χ1) is 17.6. The fourth-order valence-corrected chi connectivity index (χ4v) is 3.94. The maximum atomic E-state index is 12.8. The van der Waals surface area contributed by atoms with Crippen LogP contribution in [-0.4, -0.2) is 20.6 Å². The van der Waals surface area contributed by atoms with Gasteiger partial charge in [-0.3, -0.25) is 14.9 Å². The highest BCUT2D eigenvalue weighted by Gasteiger charge is 2.16. The summed E-state index contributed by atoms with van der Waals surface area (Å²) < 4.78 is 12.9. The van der Waals surface area contributed by atoms with E-state index in [1.807, 2.05) is 26.0 Å². The van der Waals surface area contributed by atoms with Crippen LogP contribution in [0.3, 0.4) is 0 Å². The lowest BCUT2D eigenvalue weighted by molar-refractivity contribution is -0.384. The highest BCUT2D eigenvalue weighted by molar-refractivity contribution is 6.35. The molecule has 9 nitrogen and oxygen atoms in total. The van der Waals surface area contributed by atoms with Crippen LogP contribution in [-0.2, 0) is 6.73 Å². The van der Waals surface area contributed by atoms with Crippen LogP contribution in [0.2, 0.25) is 15.1 Å². The number of anilines is 1. The summed E-state index contributed by atoms with van der Waals surface area (Å²) in [6.07, 6.45) is 1.58. The van der Waals surface area contributed by atoms with Gasteiger partial charge in [-0.1, -0.05) is 34.8 Å². The van der Waals surface area contributed by atoms with Crippen LogP contribution in [0.5, 0.6) is 17.2 Å². The number of nitro groups is 1. The molecule has 0 aliphatic heterocycles. The fraction of sp³-hybridized carbons (Fsp3) is 0.120. The summed E-state index contributed by atoms with van der Waals surface area (Å²) in [5.74, 6) is 0.383. The van der Waals surface area contributed by atoms with Crippen LogP contribution in [0.15, 0.2) is 60.8 Å². The van der Waals surface area contributed by atoms with Gasteiger partial charge in [-0.15, -0.1) is 0 Å². The van der Waals surface area contributed by atoms with Crippen molar-refractivity contribution >= 4 is 52.1 Å². The Morgan fingerprint density at radius 3 is 2.43 bits per heavy atom. The number of non-ortho nitro benzene ring substituents is 1. The number of aromatic nitrogens is 2. The zero-order valence-electron chi connectivity index (χ0n) is 19.5. The number of aryl methyl sites for hydroxylation is 2. The van der Waals surface area contributed by atoms with Gasteiger partial charge in [0.2, 0.25) is 0 Å². The molecule has 1 amide bonds. The standard InChI is InChI=1S/C25H19Cl3N4O5/c1-14-7-19(8-15(2)24(14)28)36-13-31-6-5-22(30-31)25(33)29-17-10-18(32(34)35)12-20(11-17)37-23-4-3-16(26)9-21(23)27/h3-12H,13H2,1-2H3,(H,29,33). The molecule has 0 fully saturated rings. The number of rotatable bonds is 8. The maximum Gasteiger partial charge on any atom is 0.276 e. The molecule has 0 saturated carbocycles. The lowest BCUT2D eigenvalue weighted by Gasteiger charge is -2.10. The molecular formula is C25H19Cl3N4O5. The van der Waals surface area contributed by atoms with Crippen molar-refractivity contribution in [1.82, 2.24) is 9.78 Å². The molecule has 0 atom stereocenters. The molecular weight excluding hydrogens is 543 g/mol. The Morgan fingerprint density at radius 2 is 1.76 bits per heavy atom. The van der Waals surface area contributed by atoms with Gasteiger partial charge in [-0.05, 0) is 61.4 Å². The van der Waals surface area contributed by atoms with Crippen molar-refractivity contribution in [3.05, 3.63) is 103 Å². The van der Waals surface area contributed by atoms with E-state index < -0.39 is 10.8 Å².